The summed E-state index contributed by atoms with van der Waals surface area (Å²) in [6.45, 7) is 0. The molecule has 52 valence electrons. The van der Waals surface area contributed by atoms with Gasteiger partial charge in [0.25, 0.3) is 0 Å². The monoisotopic (exact) mass is 137 g/mol. The fraction of sp³-hybridized carbons (Fsp3) is 0.143. The molecule has 0 unspecified atom stereocenters. The highest BCUT2D eigenvalue weighted by molar-refractivity contribution is 5.52. The number of nitrogens with zero attached hydrogens (tertiary/aromatic N) is 1. The smallest absolute Gasteiger partial charge is 0.134 e. The fourth-order valence-electron chi connectivity index (χ4n) is 0.264. The van der Waals surface area contributed by atoms with E-state index in [1.165, 1.54) is 0 Å². The maximum absolute atomic E-state index is 9.18. The third-order valence-corrected chi connectivity index (χ3v) is 0.600. The molecular formula is C7H7NO2. The molecule has 0 fully saturated rings. The Bertz CT molecular complexity index is 169. The lowest BCUT2D eigenvalue weighted by Gasteiger charge is -1.50. The summed E-state index contributed by atoms with van der Waals surface area (Å²) in [5.41, 5.74) is 0. The SMILES string of the molecule is N#CCC=O.c1ccoc1. The van der Waals surface area contributed by atoms with Crippen LogP contribution < -0.4 is 0 Å². The summed E-state index contributed by atoms with van der Waals surface area (Å²) in [6, 6.07) is 5.32. The molecule has 0 spiro atoms. The summed E-state index contributed by atoms with van der Waals surface area (Å²) in [6.07, 6.45) is 3.83. The van der Waals surface area contributed by atoms with E-state index in [1.54, 1.807) is 18.6 Å². The minimum atomic E-state index is 0.0139. The first-order valence-corrected chi connectivity index (χ1v) is 2.69. The number of rotatable bonds is 1. The minimum absolute atomic E-state index is 0.0139. The third-order valence-electron chi connectivity index (χ3n) is 0.600. The average Bonchev–Trinajstić information content (AvgIpc) is 2.44. The van der Waals surface area contributed by atoms with Crippen LogP contribution in [0.1, 0.15) is 6.42 Å². The van der Waals surface area contributed by atoms with Crippen LogP contribution in [0.3, 0.4) is 0 Å². The van der Waals surface area contributed by atoms with Gasteiger partial charge in [-0.2, -0.15) is 5.26 Å². The predicted molar refractivity (Wildman–Crippen MR) is 35.0 cm³/mol. The molecule has 0 aromatic carbocycles. The molecule has 10 heavy (non-hydrogen) atoms. The lowest BCUT2D eigenvalue weighted by molar-refractivity contribution is -0.107. The lowest BCUT2D eigenvalue weighted by atomic mass is 10.5. The molecule has 0 aliphatic carbocycles. The summed E-state index contributed by atoms with van der Waals surface area (Å²) in [4.78, 5) is 9.18. The molecule has 0 amide bonds. The molecule has 1 aromatic rings. The second-order valence-corrected chi connectivity index (χ2v) is 1.32. The van der Waals surface area contributed by atoms with E-state index < -0.39 is 0 Å². The number of carbonyl (C=O) groups is 1. The van der Waals surface area contributed by atoms with Crippen molar-refractivity contribution in [2.24, 2.45) is 0 Å². The molecular weight excluding hydrogens is 130 g/mol. The molecule has 1 rings (SSSR count). The highest BCUT2D eigenvalue weighted by Gasteiger charge is 1.63. The number of hydrogen-bond acceptors (Lipinski definition) is 3. The van der Waals surface area contributed by atoms with E-state index in [0.29, 0.717) is 6.29 Å². The molecule has 0 atom stereocenters. The van der Waals surface area contributed by atoms with Gasteiger partial charge in [0.05, 0.1) is 25.0 Å². The molecule has 0 aliphatic rings. The number of furan rings is 1. The molecule has 1 heterocycles. The van der Waals surface area contributed by atoms with Crippen LogP contribution in [0.2, 0.25) is 0 Å². The van der Waals surface area contributed by atoms with E-state index in [1.807, 2.05) is 12.1 Å². The summed E-state index contributed by atoms with van der Waals surface area (Å²) in [5, 5.41) is 7.58. The fourth-order valence-corrected chi connectivity index (χ4v) is 0.264. The molecule has 0 N–H and O–H groups in total. The van der Waals surface area contributed by atoms with E-state index in [-0.39, 0.29) is 6.42 Å². The Hall–Kier alpha value is -1.56. The van der Waals surface area contributed by atoms with E-state index in [2.05, 4.69) is 4.42 Å². The number of carbonyl (C=O) groups excluding carboxylic acids is 1. The van der Waals surface area contributed by atoms with Crippen molar-refractivity contribution in [1.82, 2.24) is 0 Å². The molecule has 1 aromatic heterocycles. The van der Waals surface area contributed by atoms with Gasteiger partial charge in [0, 0.05) is 0 Å². The number of aldehydes is 1. The van der Waals surface area contributed by atoms with Crippen molar-refractivity contribution in [3.05, 3.63) is 24.7 Å². The van der Waals surface area contributed by atoms with Gasteiger partial charge >= 0.3 is 0 Å². The molecule has 0 aliphatic heterocycles. The second kappa shape index (κ2) is 7.44. The van der Waals surface area contributed by atoms with Gasteiger partial charge in [0.2, 0.25) is 0 Å². The van der Waals surface area contributed by atoms with Gasteiger partial charge in [-0.15, -0.1) is 0 Å². The van der Waals surface area contributed by atoms with Gasteiger partial charge in [-0.25, -0.2) is 0 Å². The normalized spacial score (nSPS) is 6.70. The van der Waals surface area contributed by atoms with Crippen LogP contribution in [0.5, 0.6) is 0 Å². The highest BCUT2D eigenvalue weighted by atomic mass is 16.3. The van der Waals surface area contributed by atoms with Crippen molar-refractivity contribution in [3.63, 3.8) is 0 Å². The quantitative estimate of drug-likeness (QED) is 0.549. The minimum Gasteiger partial charge on any atom is -0.473 e. The van der Waals surface area contributed by atoms with Crippen LogP contribution in [0.25, 0.3) is 0 Å². The van der Waals surface area contributed by atoms with Crippen LogP contribution >= 0.6 is 0 Å². The van der Waals surface area contributed by atoms with Gasteiger partial charge in [0.15, 0.2) is 0 Å². The molecule has 0 saturated heterocycles. The number of hydrogen-bond donors (Lipinski definition) is 0. The van der Waals surface area contributed by atoms with Gasteiger partial charge < -0.3 is 9.21 Å². The van der Waals surface area contributed by atoms with Crippen LogP contribution in [-0.4, -0.2) is 6.29 Å². The largest absolute Gasteiger partial charge is 0.473 e. The zero-order valence-corrected chi connectivity index (χ0v) is 5.36. The Morgan fingerprint density at radius 2 is 2.10 bits per heavy atom. The van der Waals surface area contributed by atoms with Gasteiger partial charge in [-0.1, -0.05) is 0 Å². The van der Waals surface area contributed by atoms with E-state index in [4.69, 9.17) is 5.26 Å². The van der Waals surface area contributed by atoms with E-state index >= 15 is 0 Å². The first kappa shape index (κ1) is 8.44. The Balaban J connectivity index is 0.000000162. The van der Waals surface area contributed by atoms with Crippen molar-refractivity contribution < 1.29 is 9.21 Å². The average molecular weight is 137 g/mol. The predicted octanol–water partition coefficient (Wildman–Crippen LogP) is 1.38. The zero-order valence-electron chi connectivity index (χ0n) is 5.36. The van der Waals surface area contributed by atoms with Crippen LogP contribution in [0.4, 0.5) is 0 Å². The Morgan fingerprint density at radius 1 is 1.50 bits per heavy atom. The lowest BCUT2D eigenvalue weighted by Crippen LogP contribution is -1.60. The van der Waals surface area contributed by atoms with E-state index in [0.717, 1.165) is 0 Å². The number of nitriles is 1. The van der Waals surface area contributed by atoms with Crippen LogP contribution in [0.15, 0.2) is 29.1 Å². The molecule has 0 saturated carbocycles. The standard InChI is InChI=1S/C4H4O.C3H3NO/c1-2-4-5-3-1;4-2-1-3-5/h1-4H;3H,1H2. The van der Waals surface area contributed by atoms with Crippen molar-refractivity contribution in [3.8, 4) is 6.07 Å². The van der Waals surface area contributed by atoms with E-state index in [9.17, 15) is 4.79 Å². The molecule has 3 nitrogen and oxygen atoms in total. The Morgan fingerprint density at radius 3 is 2.20 bits per heavy atom. The third kappa shape index (κ3) is 6.44. The van der Waals surface area contributed by atoms with Crippen LogP contribution in [-0.2, 0) is 4.79 Å². The Kier molecular flexibility index (Phi) is 6.28. The van der Waals surface area contributed by atoms with Crippen LogP contribution in [0, 0.1) is 11.3 Å². The van der Waals surface area contributed by atoms with Crippen molar-refractivity contribution in [2.45, 2.75) is 6.42 Å². The summed E-state index contributed by atoms with van der Waals surface area (Å²) in [5.74, 6) is 0. The van der Waals surface area contributed by atoms with Crippen molar-refractivity contribution in [1.29, 1.82) is 5.26 Å². The maximum atomic E-state index is 9.18. The van der Waals surface area contributed by atoms with Crippen molar-refractivity contribution in [2.75, 3.05) is 0 Å². The summed E-state index contributed by atoms with van der Waals surface area (Å²) >= 11 is 0. The van der Waals surface area contributed by atoms with Gasteiger partial charge in [-0.3, -0.25) is 0 Å². The zero-order chi connectivity index (χ0) is 7.66. The molecule has 3 heteroatoms. The molecule has 0 bridgehead atoms. The highest BCUT2D eigenvalue weighted by Crippen LogP contribution is 1.79. The topological polar surface area (TPSA) is 54.0 Å². The Labute approximate surface area is 58.9 Å². The first-order valence-electron chi connectivity index (χ1n) is 2.69. The summed E-state index contributed by atoms with van der Waals surface area (Å²) < 4.78 is 4.58. The summed E-state index contributed by atoms with van der Waals surface area (Å²) in [7, 11) is 0. The van der Waals surface area contributed by atoms with Gasteiger partial charge in [0.1, 0.15) is 6.29 Å². The first-order chi connectivity index (χ1) is 4.91. The second-order valence-electron chi connectivity index (χ2n) is 1.32. The molecule has 0 radical (unpaired) electrons. The maximum Gasteiger partial charge on any atom is 0.134 e. The van der Waals surface area contributed by atoms with Crippen molar-refractivity contribution >= 4 is 6.29 Å². The van der Waals surface area contributed by atoms with Gasteiger partial charge in [-0.05, 0) is 12.1 Å².